The summed E-state index contributed by atoms with van der Waals surface area (Å²) in [7, 11) is -4.60. The predicted molar refractivity (Wildman–Crippen MR) is 159 cm³/mol. The van der Waals surface area contributed by atoms with E-state index >= 15 is 0 Å². The van der Waals surface area contributed by atoms with E-state index in [0.717, 1.165) is 42.9 Å². The molecule has 7 nitrogen and oxygen atoms in total. The highest BCUT2D eigenvalue weighted by Crippen LogP contribution is 2.48. The van der Waals surface area contributed by atoms with E-state index in [2.05, 4.69) is 87.4 Å². The second-order valence-electron chi connectivity index (χ2n) is 11.9. The lowest BCUT2D eigenvalue weighted by Crippen LogP contribution is -2.28. The fraction of sp³-hybridized carbons (Fsp3) is 0.438. The lowest BCUT2D eigenvalue weighted by atomic mass is 9.80. The summed E-state index contributed by atoms with van der Waals surface area (Å²) >= 11 is 0. The van der Waals surface area contributed by atoms with Gasteiger partial charge in [0.2, 0.25) is 5.69 Å². The van der Waals surface area contributed by atoms with Crippen LogP contribution in [0.2, 0.25) is 0 Å². The zero-order chi connectivity index (χ0) is 29.5. The third-order valence-electron chi connectivity index (χ3n) is 8.35. The normalized spacial score (nSPS) is 19.8. The summed E-state index contributed by atoms with van der Waals surface area (Å²) in [4.78, 5) is 34.6. The largest absolute Gasteiger partial charge is 0.775 e. The van der Waals surface area contributed by atoms with Gasteiger partial charge in [-0.3, -0.25) is 4.79 Å². The van der Waals surface area contributed by atoms with Crippen LogP contribution in [0.1, 0.15) is 77.0 Å². The topological polar surface area (TPSA) is 104 Å². The minimum absolute atomic E-state index is 0.0671. The second kappa shape index (κ2) is 11.1. The number of aryl methyl sites for hydroxylation is 1. The van der Waals surface area contributed by atoms with E-state index in [9.17, 15) is 19.1 Å². The number of anilines is 1. The van der Waals surface area contributed by atoms with Gasteiger partial charge in [0.15, 0.2) is 13.3 Å². The molecule has 0 fully saturated rings. The zero-order valence-corrected chi connectivity index (χ0v) is 25.3. The molecule has 2 aliphatic heterocycles. The monoisotopic (exact) mass is 564 g/mol. The molecule has 4 rings (SSSR count). The van der Waals surface area contributed by atoms with Crippen LogP contribution in [0, 0.1) is 6.92 Å². The summed E-state index contributed by atoms with van der Waals surface area (Å²) in [5.41, 5.74) is 7.10. The minimum Gasteiger partial charge on any atom is -0.775 e. The number of carboxylic acids is 1. The molecule has 2 aromatic carbocycles. The van der Waals surface area contributed by atoms with Crippen molar-refractivity contribution >= 4 is 36.0 Å². The summed E-state index contributed by atoms with van der Waals surface area (Å²) in [6.45, 7) is 14.4. The molecule has 2 aliphatic rings. The van der Waals surface area contributed by atoms with Gasteiger partial charge in [0.05, 0.1) is 5.41 Å². The second-order valence-corrected chi connectivity index (χ2v) is 13.4. The molecule has 0 spiro atoms. The Bertz CT molecular complexity index is 1460. The lowest BCUT2D eigenvalue weighted by molar-refractivity contribution is -0.438. The van der Waals surface area contributed by atoms with Crippen molar-refractivity contribution < 1.29 is 28.8 Å². The average molecular weight is 565 g/mol. The van der Waals surface area contributed by atoms with Gasteiger partial charge in [-0.25, -0.2) is 0 Å². The molecule has 0 aromatic heterocycles. The standard InChI is InChI=1S/C32H41N2O5P/c1-7-33-26-18-16-23(40(37,38)39)21-25(26)32(5,6)28(33)12-11-13-29-31(3,4)24-20-22(2)15-17-27(24)34(29)19-10-8-9-14-30(35)36/h11-13,15-18,20-21H,7-10,14,19H2,1-6H3,(H2-,35,36,37,38,39). The number of carbonyl (C=O) groups is 1. The first-order valence-electron chi connectivity index (χ1n) is 14.0. The van der Waals surface area contributed by atoms with Gasteiger partial charge in [-0.15, -0.1) is 0 Å². The van der Waals surface area contributed by atoms with Gasteiger partial charge in [-0.05, 0) is 76.4 Å². The van der Waals surface area contributed by atoms with E-state index < -0.39 is 19.0 Å². The van der Waals surface area contributed by atoms with Gasteiger partial charge in [-0.1, -0.05) is 31.6 Å². The predicted octanol–water partition coefficient (Wildman–Crippen LogP) is 5.45. The Labute approximate surface area is 237 Å². The number of unbranched alkanes of at least 4 members (excludes halogenated alkanes) is 2. The molecule has 1 unspecified atom stereocenters. The number of fused-ring (bicyclic) bond motifs is 2. The molecular formula is C32H41N2O5P. The maximum Gasteiger partial charge on any atom is 0.303 e. The molecule has 0 saturated heterocycles. The first kappa shape index (κ1) is 30.0. The van der Waals surface area contributed by atoms with Gasteiger partial charge in [0.1, 0.15) is 6.54 Å². The third kappa shape index (κ3) is 5.60. The van der Waals surface area contributed by atoms with Gasteiger partial charge < -0.3 is 24.4 Å². The molecule has 1 atom stereocenters. The van der Waals surface area contributed by atoms with Gasteiger partial charge in [0.25, 0.3) is 0 Å². The van der Waals surface area contributed by atoms with E-state index in [1.165, 1.54) is 28.6 Å². The van der Waals surface area contributed by atoms with Crippen molar-refractivity contribution in [2.75, 3.05) is 18.0 Å². The van der Waals surface area contributed by atoms with Crippen LogP contribution >= 0.6 is 7.60 Å². The number of carboxylic acid groups (broad SMARTS) is 1. The number of likely N-dealkylation sites (N-methyl/N-ethyl adjacent to an activating group) is 1. The van der Waals surface area contributed by atoms with Crippen LogP contribution in [-0.4, -0.2) is 39.3 Å². The molecular weight excluding hydrogens is 523 g/mol. The van der Waals surface area contributed by atoms with Crippen LogP contribution in [-0.2, 0) is 20.2 Å². The van der Waals surface area contributed by atoms with E-state index in [-0.39, 0.29) is 17.1 Å². The van der Waals surface area contributed by atoms with E-state index in [1.54, 1.807) is 12.1 Å². The van der Waals surface area contributed by atoms with E-state index in [1.807, 2.05) is 0 Å². The first-order chi connectivity index (χ1) is 18.7. The Hall–Kier alpha value is -2.99. The average Bonchev–Trinajstić information content (AvgIpc) is 3.21. The molecule has 40 heavy (non-hydrogen) atoms. The molecule has 8 heteroatoms. The number of hydrogen-bond acceptors (Lipinski definition) is 4. The Morgan fingerprint density at radius 3 is 2.42 bits per heavy atom. The quantitative estimate of drug-likeness (QED) is 0.226. The highest BCUT2D eigenvalue weighted by Gasteiger charge is 2.44. The number of nitrogens with zero attached hydrogens (tertiary/aromatic N) is 2. The van der Waals surface area contributed by atoms with Gasteiger partial charge >= 0.3 is 5.97 Å². The van der Waals surface area contributed by atoms with Crippen molar-refractivity contribution in [2.45, 2.75) is 78.1 Å². The molecule has 2 aromatic rings. The Morgan fingerprint density at radius 2 is 1.77 bits per heavy atom. The Balaban J connectivity index is 1.70. The van der Waals surface area contributed by atoms with E-state index in [0.29, 0.717) is 6.42 Å². The molecule has 0 amide bonds. The fourth-order valence-electron chi connectivity index (χ4n) is 6.16. The van der Waals surface area contributed by atoms with Crippen molar-refractivity contribution in [1.82, 2.24) is 0 Å². The number of benzene rings is 2. The maximum atomic E-state index is 11.9. The minimum atomic E-state index is -4.60. The van der Waals surface area contributed by atoms with Crippen molar-refractivity contribution in [3.8, 4) is 0 Å². The number of allylic oxidation sites excluding steroid dienone is 4. The molecule has 2 heterocycles. The number of rotatable bonds is 10. The van der Waals surface area contributed by atoms with Crippen molar-refractivity contribution in [3.05, 3.63) is 77.0 Å². The van der Waals surface area contributed by atoms with Crippen molar-refractivity contribution in [1.29, 1.82) is 0 Å². The van der Waals surface area contributed by atoms with Crippen LogP contribution in [0.4, 0.5) is 11.4 Å². The molecule has 0 bridgehead atoms. The number of aliphatic carboxylic acids is 1. The first-order valence-corrected chi connectivity index (χ1v) is 15.6. The summed E-state index contributed by atoms with van der Waals surface area (Å²) < 4.78 is 14.2. The van der Waals surface area contributed by atoms with Crippen molar-refractivity contribution in [3.63, 3.8) is 0 Å². The molecule has 0 aliphatic carbocycles. The summed E-state index contributed by atoms with van der Waals surface area (Å²) in [5, 5.41) is 8.92. The summed E-state index contributed by atoms with van der Waals surface area (Å²) in [6, 6.07) is 11.4. The fourth-order valence-corrected chi connectivity index (χ4v) is 6.72. The van der Waals surface area contributed by atoms with Crippen LogP contribution in [0.3, 0.4) is 0 Å². The maximum absolute atomic E-state index is 11.9. The van der Waals surface area contributed by atoms with E-state index in [4.69, 9.17) is 5.11 Å². The molecule has 0 saturated carbocycles. The molecule has 0 radical (unpaired) electrons. The highest BCUT2D eigenvalue weighted by atomic mass is 31.2. The van der Waals surface area contributed by atoms with Crippen LogP contribution < -0.4 is 15.1 Å². The Kier molecular flexibility index (Phi) is 8.33. The third-order valence-corrected chi connectivity index (χ3v) is 9.28. The highest BCUT2D eigenvalue weighted by molar-refractivity contribution is 7.58. The van der Waals surface area contributed by atoms with Crippen LogP contribution in [0.25, 0.3) is 0 Å². The lowest BCUT2D eigenvalue weighted by Gasteiger charge is -2.26. The van der Waals surface area contributed by atoms with Crippen molar-refractivity contribution in [2.24, 2.45) is 0 Å². The van der Waals surface area contributed by atoms with Gasteiger partial charge in [-0.2, -0.15) is 4.58 Å². The number of hydrogen-bond donors (Lipinski definition) is 2. The zero-order valence-electron chi connectivity index (χ0n) is 24.4. The summed E-state index contributed by atoms with van der Waals surface area (Å²) in [5.74, 6) is -0.751. The SMILES string of the molecule is CCN1/C(=C/C=C/C2=[N+](CCCCCC(=O)O)c3ccc(C)cc3C2(C)C)C(C)(C)c2cc(P(=O)([O-])O)ccc21. The molecule has 2 N–H and O–H groups in total. The van der Waals surface area contributed by atoms with Crippen LogP contribution in [0.5, 0.6) is 0 Å². The molecule has 214 valence electrons. The smallest absolute Gasteiger partial charge is 0.303 e. The van der Waals surface area contributed by atoms with Crippen LogP contribution in [0.15, 0.2) is 60.3 Å². The van der Waals surface area contributed by atoms with Gasteiger partial charge in [0, 0.05) is 59.2 Å². The summed E-state index contributed by atoms with van der Waals surface area (Å²) in [6.07, 6.45) is 9.01. The Morgan fingerprint density at radius 1 is 1.05 bits per heavy atom.